The average molecular weight is 384 g/mol. The minimum Gasteiger partial charge on any atom is -0.379 e. The Labute approximate surface area is 165 Å². The fraction of sp³-hybridized carbons (Fsp3) is 0.524. The lowest BCUT2D eigenvalue weighted by Crippen LogP contribution is -2.49. The molecule has 150 valence electrons. The standard InChI is InChI=1S/C21H28N4O3/c1-16-4-3-5-20(17(16)2)24-6-8-25(9-7-24)21(26)19-14-18(28-22-19)15-23-10-12-27-13-11-23/h3-5,14H,6-13,15H2,1-2H3. The fourth-order valence-corrected chi connectivity index (χ4v) is 3.86. The van der Waals surface area contributed by atoms with Gasteiger partial charge in [0.05, 0.1) is 19.8 Å². The average Bonchev–Trinajstić information content (AvgIpc) is 3.19. The number of benzene rings is 1. The normalized spacial score (nSPS) is 18.5. The van der Waals surface area contributed by atoms with Crippen LogP contribution in [0, 0.1) is 13.8 Å². The summed E-state index contributed by atoms with van der Waals surface area (Å²) in [4.78, 5) is 19.3. The zero-order chi connectivity index (χ0) is 19.5. The maximum atomic E-state index is 12.8. The number of carbonyl (C=O) groups is 1. The molecule has 0 radical (unpaired) electrons. The van der Waals surface area contributed by atoms with Crippen molar-refractivity contribution in [1.82, 2.24) is 15.0 Å². The summed E-state index contributed by atoms with van der Waals surface area (Å²) in [6.45, 7) is 11.2. The highest BCUT2D eigenvalue weighted by Gasteiger charge is 2.26. The Kier molecular flexibility index (Phi) is 5.64. The smallest absolute Gasteiger partial charge is 0.276 e. The van der Waals surface area contributed by atoms with Gasteiger partial charge in [0.2, 0.25) is 0 Å². The van der Waals surface area contributed by atoms with Gasteiger partial charge in [0, 0.05) is 51.0 Å². The molecule has 7 nitrogen and oxygen atoms in total. The van der Waals surface area contributed by atoms with Crippen molar-refractivity contribution < 1.29 is 14.1 Å². The van der Waals surface area contributed by atoms with Crippen LogP contribution in [0.15, 0.2) is 28.8 Å². The molecular formula is C21H28N4O3. The Balaban J connectivity index is 1.34. The van der Waals surface area contributed by atoms with E-state index in [9.17, 15) is 4.79 Å². The van der Waals surface area contributed by atoms with Crippen LogP contribution in [-0.2, 0) is 11.3 Å². The second-order valence-electron chi connectivity index (χ2n) is 7.57. The van der Waals surface area contributed by atoms with Gasteiger partial charge >= 0.3 is 0 Å². The van der Waals surface area contributed by atoms with Gasteiger partial charge in [-0.25, -0.2) is 0 Å². The first-order valence-corrected chi connectivity index (χ1v) is 9.98. The summed E-state index contributed by atoms with van der Waals surface area (Å²) in [6, 6.07) is 8.18. The topological polar surface area (TPSA) is 62.0 Å². The number of rotatable bonds is 4. The third-order valence-corrected chi connectivity index (χ3v) is 5.74. The van der Waals surface area contributed by atoms with E-state index in [2.05, 4.69) is 47.0 Å². The number of amides is 1. The van der Waals surface area contributed by atoms with E-state index in [0.29, 0.717) is 25.3 Å². The van der Waals surface area contributed by atoms with Gasteiger partial charge in [-0.15, -0.1) is 0 Å². The van der Waals surface area contributed by atoms with Crippen molar-refractivity contribution in [2.75, 3.05) is 57.4 Å². The van der Waals surface area contributed by atoms with E-state index < -0.39 is 0 Å². The van der Waals surface area contributed by atoms with Crippen LogP contribution in [0.25, 0.3) is 0 Å². The first-order valence-electron chi connectivity index (χ1n) is 9.98. The van der Waals surface area contributed by atoms with Gasteiger partial charge in [-0.05, 0) is 31.0 Å². The van der Waals surface area contributed by atoms with Crippen molar-refractivity contribution >= 4 is 11.6 Å². The second-order valence-corrected chi connectivity index (χ2v) is 7.57. The Hall–Kier alpha value is -2.38. The number of anilines is 1. The summed E-state index contributed by atoms with van der Waals surface area (Å²) < 4.78 is 10.8. The summed E-state index contributed by atoms with van der Waals surface area (Å²) in [5.41, 5.74) is 4.28. The molecule has 1 amide bonds. The molecule has 2 aliphatic heterocycles. The SMILES string of the molecule is Cc1cccc(N2CCN(C(=O)c3cc(CN4CCOCC4)on3)CC2)c1C. The maximum absolute atomic E-state index is 12.8. The molecule has 4 rings (SSSR count). The molecule has 0 unspecified atom stereocenters. The Bertz CT molecular complexity index is 821. The minimum atomic E-state index is -0.0439. The fourth-order valence-electron chi connectivity index (χ4n) is 3.86. The van der Waals surface area contributed by atoms with Crippen LogP contribution in [-0.4, -0.2) is 73.3 Å². The molecule has 0 aliphatic carbocycles. The summed E-state index contributed by atoms with van der Waals surface area (Å²) in [5, 5.41) is 4.02. The van der Waals surface area contributed by atoms with E-state index >= 15 is 0 Å². The molecule has 0 atom stereocenters. The van der Waals surface area contributed by atoms with Gasteiger partial charge in [0.15, 0.2) is 11.5 Å². The molecule has 3 heterocycles. The van der Waals surface area contributed by atoms with Gasteiger partial charge in [0.1, 0.15) is 0 Å². The molecule has 0 bridgehead atoms. The molecule has 1 aromatic heterocycles. The summed E-state index contributed by atoms with van der Waals surface area (Å²) in [6.07, 6.45) is 0. The number of ether oxygens (including phenoxy) is 1. The van der Waals surface area contributed by atoms with E-state index in [-0.39, 0.29) is 5.91 Å². The zero-order valence-electron chi connectivity index (χ0n) is 16.7. The van der Waals surface area contributed by atoms with Gasteiger partial charge in [0.25, 0.3) is 5.91 Å². The van der Waals surface area contributed by atoms with Crippen LogP contribution in [0.5, 0.6) is 0 Å². The van der Waals surface area contributed by atoms with E-state index in [1.807, 2.05) is 4.90 Å². The summed E-state index contributed by atoms with van der Waals surface area (Å²) in [5.74, 6) is 0.692. The number of aryl methyl sites for hydroxylation is 1. The lowest BCUT2D eigenvalue weighted by Gasteiger charge is -2.36. The van der Waals surface area contributed by atoms with Crippen LogP contribution >= 0.6 is 0 Å². The molecule has 1 aromatic carbocycles. The van der Waals surface area contributed by atoms with Gasteiger partial charge in [-0.1, -0.05) is 17.3 Å². The molecule has 2 saturated heterocycles. The third-order valence-electron chi connectivity index (χ3n) is 5.74. The molecule has 0 saturated carbocycles. The lowest BCUT2D eigenvalue weighted by molar-refractivity contribution is 0.0305. The highest BCUT2D eigenvalue weighted by molar-refractivity contribution is 5.92. The van der Waals surface area contributed by atoms with Crippen molar-refractivity contribution in [3.05, 3.63) is 46.8 Å². The van der Waals surface area contributed by atoms with Crippen molar-refractivity contribution in [3.63, 3.8) is 0 Å². The number of piperazine rings is 1. The van der Waals surface area contributed by atoms with E-state index in [4.69, 9.17) is 9.26 Å². The quantitative estimate of drug-likeness (QED) is 0.804. The molecule has 0 spiro atoms. The Morgan fingerprint density at radius 3 is 2.57 bits per heavy atom. The molecule has 2 aliphatic rings. The number of hydrogen-bond donors (Lipinski definition) is 0. The van der Waals surface area contributed by atoms with Crippen molar-refractivity contribution in [1.29, 1.82) is 0 Å². The number of morpholine rings is 1. The first kappa shape index (κ1) is 19.0. The predicted octanol–water partition coefficient (Wildman–Crippen LogP) is 2.09. The number of hydrogen-bond acceptors (Lipinski definition) is 6. The molecule has 0 N–H and O–H groups in total. The maximum Gasteiger partial charge on any atom is 0.276 e. The van der Waals surface area contributed by atoms with Crippen LogP contribution in [0.1, 0.15) is 27.4 Å². The van der Waals surface area contributed by atoms with E-state index in [1.165, 1.54) is 16.8 Å². The molecular weight excluding hydrogens is 356 g/mol. The number of carbonyl (C=O) groups excluding carboxylic acids is 1. The molecule has 28 heavy (non-hydrogen) atoms. The van der Waals surface area contributed by atoms with Gasteiger partial charge < -0.3 is 19.1 Å². The van der Waals surface area contributed by atoms with Crippen LogP contribution < -0.4 is 4.90 Å². The molecule has 2 aromatic rings. The van der Waals surface area contributed by atoms with Crippen LogP contribution in [0.3, 0.4) is 0 Å². The molecule has 2 fully saturated rings. The monoisotopic (exact) mass is 384 g/mol. The Morgan fingerprint density at radius 1 is 1.07 bits per heavy atom. The number of aromatic nitrogens is 1. The van der Waals surface area contributed by atoms with Crippen molar-refractivity contribution in [2.24, 2.45) is 0 Å². The molecule has 7 heteroatoms. The van der Waals surface area contributed by atoms with E-state index in [0.717, 1.165) is 45.2 Å². The lowest BCUT2D eigenvalue weighted by atomic mass is 10.1. The number of nitrogens with zero attached hydrogens (tertiary/aromatic N) is 4. The van der Waals surface area contributed by atoms with E-state index in [1.54, 1.807) is 6.07 Å². The first-order chi connectivity index (χ1) is 13.6. The highest BCUT2D eigenvalue weighted by atomic mass is 16.5. The largest absolute Gasteiger partial charge is 0.379 e. The summed E-state index contributed by atoms with van der Waals surface area (Å²) in [7, 11) is 0. The second kappa shape index (κ2) is 8.32. The zero-order valence-corrected chi connectivity index (χ0v) is 16.7. The van der Waals surface area contributed by atoms with Crippen LogP contribution in [0.4, 0.5) is 5.69 Å². The Morgan fingerprint density at radius 2 is 1.82 bits per heavy atom. The predicted molar refractivity (Wildman–Crippen MR) is 107 cm³/mol. The van der Waals surface area contributed by atoms with Crippen LogP contribution in [0.2, 0.25) is 0 Å². The third kappa shape index (κ3) is 4.05. The minimum absolute atomic E-state index is 0.0439. The van der Waals surface area contributed by atoms with Gasteiger partial charge in [-0.2, -0.15) is 0 Å². The summed E-state index contributed by atoms with van der Waals surface area (Å²) >= 11 is 0. The van der Waals surface area contributed by atoms with Gasteiger partial charge in [-0.3, -0.25) is 9.69 Å². The van der Waals surface area contributed by atoms with Crippen molar-refractivity contribution in [2.45, 2.75) is 20.4 Å². The van der Waals surface area contributed by atoms with Crippen molar-refractivity contribution in [3.8, 4) is 0 Å². The highest BCUT2D eigenvalue weighted by Crippen LogP contribution is 2.24.